The smallest absolute Gasteiger partial charge is 0.308 e. The van der Waals surface area contributed by atoms with Gasteiger partial charge in [-0.1, -0.05) is 24.6 Å². The van der Waals surface area contributed by atoms with Crippen molar-refractivity contribution in [1.29, 1.82) is 0 Å². The van der Waals surface area contributed by atoms with Gasteiger partial charge in [-0.05, 0) is 43.2 Å². The van der Waals surface area contributed by atoms with E-state index in [1.54, 1.807) is 12.1 Å². The molecule has 3 unspecified atom stereocenters. The Balaban J connectivity index is 2.08. The molecule has 0 aromatic heterocycles. The fourth-order valence-corrected chi connectivity index (χ4v) is 3.02. The van der Waals surface area contributed by atoms with E-state index in [4.69, 9.17) is 16.3 Å². The van der Waals surface area contributed by atoms with Gasteiger partial charge in [0, 0.05) is 10.6 Å². The first-order valence-corrected chi connectivity index (χ1v) is 6.98. The molecule has 0 aliphatic heterocycles. The fraction of sp³-hybridized carbons (Fsp3) is 0.533. The first-order valence-electron chi connectivity index (χ1n) is 6.60. The number of carbonyl (C=O) groups is 1. The Morgan fingerprint density at radius 2 is 2.32 bits per heavy atom. The van der Waals surface area contributed by atoms with Gasteiger partial charge in [0.15, 0.2) is 0 Å². The third-order valence-electron chi connectivity index (χ3n) is 3.91. The van der Waals surface area contributed by atoms with Crippen LogP contribution in [0.2, 0.25) is 5.02 Å². The van der Waals surface area contributed by atoms with Crippen LogP contribution in [-0.2, 0) is 9.53 Å². The van der Waals surface area contributed by atoms with E-state index in [2.05, 4.69) is 0 Å². The van der Waals surface area contributed by atoms with Crippen molar-refractivity contribution in [2.24, 2.45) is 11.8 Å². The summed E-state index contributed by atoms with van der Waals surface area (Å²) in [4.78, 5) is 11.4. The molecule has 1 fully saturated rings. The largest absolute Gasteiger partial charge is 0.469 e. The van der Waals surface area contributed by atoms with Crippen LogP contribution in [0.3, 0.4) is 0 Å². The first kappa shape index (κ1) is 14.3. The summed E-state index contributed by atoms with van der Waals surface area (Å²) in [6.45, 7) is 2.02. The van der Waals surface area contributed by atoms with Crippen LogP contribution in [0.15, 0.2) is 18.2 Å². The molecule has 1 saturated carbocycles. The van der Waals surface area contributed by atoms with Crippen LogP contribution >= 0.6 is 11.6 Å². The van der Waals surface area contributed by atoms with Crippen LogP contribution < -0.4 is 0 Å². The molecule has 0 saturated heterocycles. The minimum absolute atomic E-state index is 0.00963. The number of hydrogen-bond acceptors (Lipinski definition) is 2. The Hall–Kier alpha value is -1.09. The fourth-order valence-electron chi connectivity index (χ4n) is 2.70. The van der Waals surface area contributed by atoms with Crippen LogP contribution in [-0.4, -0.2) is 13.1 Å². The van der Waals surface area contributed by atoms with E-state index in [-0.39, 0.29) is 23.6 Å². The molecule has 0 radical (unpaired) electrons. The van der Waals surface area contributed by atoms with Gasteiger partial charge in [0.1, 0.15) is 5.82 Å². The molecule has 2 nitrogen and oxygen atoms in total. The number of hydrogen-bond donors (Lipinski definition) is 0. The zero-order valence-corrected chi connectivity index (χ0v) is 11.9. The molecule has 104 valence electrons. The minimum Gasteiger partial charge on any atom is -0.469 e. The maximum Gasteiger partial charge on any atom is 0.308 e. The van der Waals surface area contributed by atoms with Crippen LogP contribution in [0.1, 0.15) is 37.7 Å². The normalized spacial score (nSPS) is 22.9. The lowest BCUT2D eigenvalue weighted by Crippen LogP contribution is -2.08. The van der Waals surface area contributed by atoms with E-state index in [9.17, 15) is 9.18 Å². The van der Waals surface area contributed by atoms with Crippen molar-refractivity contribution < 1.29 is 13.9 Å². The van der Waals surface area contributed by atoms with Crippen LogP contribution in [0.25, 0.3) is 0 Å². The molecule has 4 heteroatoms. The molecule has 1 aromatic carbocycles. The van der Waals surface area contributed by atoms with Gasteiger partial charge in [-0.3, -0.25) is 4.79 Å². The second kappa shape index (κ2) is 5.91. The monoisotopic (exact) mass is 284 g/mol. The number of esters is 1. The van der Waals surface area contributed by atoms with E-state index < -0.39 is 0 Å². The molecule has 0 N–H and O–H groups in total. The summed E-state index contributed by atoms with van der Waals surface area (Å²) in [6.07, 6.45) is 2.44. The Morgan fingerprint density at radius 3 is 2.89 bits per heavy atom. The average Bonchev–Trinajstić information content (AvgIpc) is 3.15. The van der Waals surface area contributed by atoms with Gasteiger partial charge < -0.3 is 4.74 Å². The summed E-state index contributed by atoms with van der Waals surface area (Å²) >= 11 is 6.10. The minimum atomic E-state index is -0.255. The SMILES string of the molecule is CCC(CC1CC1C(=O)OC)c1c(F)cccc1Cl. The van der Waals surface area contributed by atoms with Gasteiger partial charge in [-0.2, -0.15) is 0 Å². The van der Waals surface area contributed by atoms with Crippen molar-refractivity contribution in [3.05, 3.63) is 34.6 Å². The van der Waals surface area contributed by atoms with E-state index in [1.165, 1.54) is 13.2 Å². The molecular weight excluding hydrogens is 267 g/mol. The van der Waals surface area contributed by atoms with Crippen molar-refractivity contribution >= 4 is 17.6 Å². The van der Waals surface area contributed by atoms with Gasteiger partial charge >= 0.3 is 5.97 Å². The van der Waals surface area contributed by atoms with Crippen molar-refractivity contribution in [1.82, 2.24) is 0 Å². The van der Waals surface area contributed by atoms with Gasteiger partial charge in [0.25, 0.3) is 0 Å². The number of rotatable bonds is 5. The molecule has 1 aromatic rings. The van der Waals surface area contributed by atoms with E-state index in [0.717, 1.165) is 19.3 Å². The highest BCUT2D eigenvalue weighted by Gasteiger charge is 2.44. The highest BCUT2D eigenvalue weighted by atomic mass is 35.5. The topological polar surface area (TPSA) is 26.3 Å². The molecule has 1 aliphatic carbocycles. The van der Waals surface area contributed by atoms with E-state index in [0.29, 0.717) is 16.5 Å². The lowest BCUT2D eigenvalue weighted by atomic mass is 9.90. The number of ether oxygens (including phenoxy) is 1. The van der Waals surface area contributed by atoms with Gasteiger partial charge in [-0.25, -0.2) is 4.39 Å². The molecule has 2 rings (SSSR count). The molecular formula is C15H18ClFO2. The summed E-state index contributed by atoms with van der Waals surface area (Å²) in [5.74, 6) is -0.0554. The standard InChI is InChI=1S/C15H18ClFO2/c1-3-9(7-10-8-11(10)15(18)19-2)14-12(16)5-4-6-13(14)17/h4-6,9-11H,3,7-8H2,1-2H3. The third kappa shape index (κ3) is 3.08. The second-order valence-electron chi connectivity index (χ2n) is 5.10. The molecule has 19 heavy (non-hydrogen) atoms. The highest BCUT2D eigenvalue weighted by Crippen LogP contribution is 2.47. The Morgan fingerprint density at radius 1 is 1.58 bits per heavy atom. The summed E-state index contributed by atoms with van der Waals surface area (Å²) in [5, 5.41) is 0.474. The maximum atomic E-state index is 13.9. The number of methoxy groups -OCH3 is 1. The zero-order chi connectivity index (χ0) is 14.0. The van der Waals surface area contributed by atoms with Crippen molar-refractivity contribution in [2.75, 3.05) is 7.11 Å². The molecule has 3 atom stereocenters. The summed E-state index contributed by atoms with van der Waals surface area (Å²) < 4.78 is 18.6. The summed E-state index contributed by atoms with van der Waals surface area (Å²) in [7, 11) is 1.41. The van der Waals surface area contributed by atoms with E-state index >= 15 is 0 Å². The van der Waals surface area contributed by atoms with Gasteiger partial charge in [0.2, 0.25) is 0 Å². The highest BCUT2D eigenvalue weighted by molar-refractivity contribution is 6.31. The van der Waals surface area contributed by atoms with Crippen LogP contribution in [0.4, 0.5) is 4.39 Å². The number of carbonyl (C=O) groups excluding carboxylic acids is 1. The lowest BCUT2D eigenvalue weighted by Gasteiger charge is -2.17. The molecule has 0 spiro atoms. The zero-order valence-electron chi connectivity index (χ0n) is 11.2. The van der Waals surface area contributed by atoms with E-state index in [1.807, 2.05) is 6.92 Å². The summed E-state index contributed by atoms with van der Waals surface area (Å²) in [5.41, 5.74) is 0.585. The Labute approximate surface area is 117 Å². The quantitative estimate of drug-likeness (QED) is 0.759. The Bertz CT molecular complexity index is 455. The third-order valence-corrected chi connectivity index (χ3v) is 4.24. The van der Waals surface area contributed by atoms with Gasteiger partial charge in [0.05, 0.1) is 13.0 Å². The second-order valence-corrected chi connectivity index (χ2v) is 5.51. The molecule has 1 aliphatic rings. The molecule has 0 amide bonds. The first-order chi connectivity index (χ1) is 9.08. The average molecular weight is 285 g/mol. The maximum absolute atomic E-state index is 13.9. The Kier molecular flexibility index (Phi) is 4.46. The summed E-state index contributed by atoms with van der Waals surface area (Å²) in [6, 6.07) is 4.77. The van der Waals surface area contributed by atoms with Crippen molar-refractivity contribution in [3.63, 3.8) is 0 Å². The predicted molar refractivity (Wildman–Crippen MR) is 72.7 cm³/mol. The van der Waals surface area contributed by atoms with Crippen LogP contribution in [0.5, 0.6) is 0 Å². The predicted octanol–water partition coefficient (Wildman–Crippen LogP) is 4.17. The molecule has 0 bridgehead atoms. The van der Waals surface area contributed by atoms with Crippen molar-refractivity contribution in [3.8, 4) is 0 Å². The number of halogens is 2. The van der Waals surface area contributed by atoms with Crippen LogP contribution in [0, 0.1) is 17.7 Å². The number of benzene rings is 1. The molecule has 0 heterocycles. The van der Waals surface area contributed by atoms with Gasteiger partial charge in [-0.15, -0.1) is 0 Å². The lowest BCUT2D eigenvalue weighted by molar-refractivity contribution is -0.142. The van der Waals surface area contributed by atoms with Crippen molar-refractivity contribution in [2.45, 2.75) is 32.1 Å².